The number of H-pyrrole nitrogens is 1. The molecule has 0 aliphatic heterocycles. The quantitative estimate of drug-likeness (QED) is 0.494. The second kappa shape index (κ2) is 7.67. The summed E-state index contributed by atoms with van der Waals surface area (Å²) in [6.07, 6.45) is 5.08. The first-order valence-electron chi connectivity index (χ1n) is 8.56. The lowest BCUT2D eigenvalue weighted by atomic mass is 10.1. The van der Waals surface area contributed by atoms with Crippen molar-refractivity contribution in [1.29, 1.82) is 0 Å². The van der Waals surface area contributed by atoms with Crippen LogP contribution in [0.25, 0.3) is 11.0 Å². The van der Waals surface area contributed by atoms with Crippen molar-refractivity contribution in [3.05, 3.63) is 76.6 Å². The average molecular weight is 419 g/mol. The standard InChI is InChI=1S/C19H14ClF3N6/c20-14-4-15-12(8-25-17(15)26-10-14)3-11-5-27-18(28-6-11)29-9-13-7-24-2-1-16(13)19(21,22)23/h1-2,4-8,10H,3,9H2,(H,25,26)(H,27,28,29). The predicted octanol–water partition coefficient (Wildman–Crippen LogP) is 4.62. The van der Waals surface area contributed by atoms with Crippen molar-refractivity contribution in [3.63, 3.8) is 0 Å². The van der Waals surface area contributed by atoms with Gasteiger partial charge in [0, 0.05) is 61.1 Å². The van der Waals surface area contributed by atoms with Crippen LogP contribution in [0.4, 0.5) is 19.1 Å². The molecule has 0 aliphatic rings. The molecule has 0 aliphatic carbocycles. The second-order valence-corrected chi connectivity index (χ2v) is 6.78. The largest absolute Gasteiger partial charge is 0.416 e. The molecule has 0 amide bonds. The summed E-state index contributed by atoms with van der Waals surface area (Å²) in [5, 5.41) is 4.26. The molecule has 0 spiro atoms. The van der Waals surface area contributed by atoms with Gasteiger partial charge in [-0.25, -0.2) is 15.0 Å². The molecule has 4 rings (SSSR count). The third-order valence-corrected chi connectivity index (χ3v) is 4.54. The Morgan fingerprint density at radius 3 is 2.59 bits per heavy atom. The molecule has 6 nitrogen and oxygen atoms in total. The number of aromatic nitrogens is 5. The van der Waals surface area contributed by atoms with Crippen molar-refractivity contribution in [3.8, 4) is 0 Å². The molecule has 0 radical (unpaired) electrons. The van der Waals surface area contributed by atoms with E-state index in [4.69, 9.17) is 11.6 Å². The zero-order valence-corrected chi connectivity index (χ0v) is 15.6. The molecule has 4 aromatic rings. The monoisotopic (exact) mass is 418 g/mol. The fourth-order valence-corrected chi connectivity index (χ4v) is 3.11. The molecule has 0 saturated carbocycles. The first kappa shape index (κ1) is 19.1. The summed E-state index contributed by atoms with van der Waals surface area (Å²) in [7, 11) is 0. The maximum atomic E-state index is 13.0. The molecule has 10 heteroatoms. The third-order valence-electron chi connectivity index (χ3n) is 4.33. The maximum absolute atomic E-state index is 13.0. The van der Waals surface area contributed by atoms with Crippen LogP contribution in [0.3, 0.4) is 0 Å². The normalized spacial score (nSPS) is 11.7. The van der Waals surface area contributed by atoms with Crippen molar-refractivity contribution in [2.45, 2.75) is 19.1 Å². The Balaban J connectivity index is 1.45. The first-order valence-corrected chi connectivity index (χ1v) is 8.94. The van der Waals surface area contributed by atoms with Gasteiger partial charge in [-0.05, 0) is 23.3 Å². The Bertz CT molecular complexity index is 1140. The van der Waals surface area contributed by atoms with Gasteiger partial charge in [0.05, 0.1) is 10.6 Å². The molecule has 29 heavy (non-hydrogen) atoms. The number of alkyl halides is 3. The topological polar surface area (TPSA) is 79.4 Å². The third kappa shape index (κ3) is 4.29. The zero-order valence-electron chi connectivity index (χ0n) is 14.8. The van der Waals surface area contributed by atoms with E-state index in [1.54, 1.807) is 18.6 Å². The molecule has 0 saturated heterocycles. The fraction of sp³-hybridized carbons (Fsp3) is 0.158. The number of halogens is 4. The summed E-state index contributed by atoms with van der Waals surface area (Å²) in [6, 6.07) is 2.78. The summed E-state index contributed by atoms with van der Waals surface area (Å²) in [5.74, 6) is 0.231. The fourth-order valence-electron chi connectivity index (χ4n) is 2.95. The summed E-state index contributed by atoms with van der Waals surface area (Å²) in [5.41, 5.74) is 1.86. The van der Waals surface area contributed by atoms with E-state index in [0.717, 1.165) is 34.4 Å². The molecule has 0 unspecified atom stereocenters. The number of hydrogen-bond acceptors (Lipinski definition) is 5. The summed E-state index contributed by atoms with van der Waals surface area (Å²) < 4.78 is 39.1. The minimum absolute atomic E-state index is 0.0239. The number of hydrogen-bond donors (Lipinski definition) is 2. The van der Waals surface area contributed by atoms with Gasteiger partial charge in [0.15, 0.2) is 0 Å². The van der Waals surface area contributed by atoms with Crippen molar-refractivity contribution in [1.82, 2.24) is 24.9 Å². The van der Waals surface area contributed by atoms with E-state index < -0.39 is 11.7 Å². The molecule has 2 N–H and O–H groups in total. The van der Waals surface area contributed by atoms with E-state index in [0.29, 0.717) is 11.4 Å². The SMILES string of the molecule is FC(F)(F)c1ccncc1CNc1ncc(Cc2c[nH]c3ncc(Cl)cc23)cn1. The van der Waals surface area contributed by atoms with Crippen LogP contribution in [0.15, 0.2) is 49.3 Å². The van der Waals surface area contributed by atoms with Crippen LogP contribution < -0.4 is 5.32 Å². The van der Waals surface area contributed by atoms with Crippen molar-refractivity contribution >= 4 is 28.6 Å². The number of nitrogens with zero attached hydrogens (tertiary/aromatic N) is 4. The van der Waals surface area contributed by atoms with Crippen LogP contribution in [-0.2, 0) is 19.1 Å². The van der Waals surface area contributed by atoms with Gasteiger partial charge >= 0.3 is 6.18 Å². The van der Waals surface area contributed by atoms with Crippen LogP contribution in [-0.4, -0.2) is 24.9 Å². The number of pyridine rings is 2. The highest BCUT2D eigenvalue weighted by Crippen LogP contribution is 2.31. The van der Waals surface area contributed by atoms with Gasteiger partial charge in [-0.15, -0.1) is 0 Å². The van der Waals surface area contributed by atoms with E-state index in [1.807, 2.05) is 12.3 Å². The van der Waals surface area contributed by atoms with Crippen LogP contribution in [0.2, 0.25) is 5.02 Å². The molecule has 0 atom stereocenters. The van der Waals surface area contributed by atoms with Crippen LogP contribution in [0.5, 0.6) is 0 Å². The van der Waals surface area contributed by atoms with E-state index >= 15 is 0 Å². The van der Waals surface area contributed by atoms with Gasteiger partial charge in [-0.2, -0.15) is 13.2 Å². The van der Waals surface area contributed by atoms with Crippen LogP contribution in [0, 0.1) is 0 Å². The Kier molecular flexibility index (Phi) is 5.06. The van der Waals surface area contributed by atoms with Crippen LogP contribution >= 0.6 is 11.6 Å². The molecule has 0 bridgehead atoms. The smallest absolute Gasteiger partial charge is 0.350 e. The predicted molar refractivity (Wildman–Crippen MR) is 103 cm³/mol. The van der Waals surface area contributed by atoms with Gasteiger partial charge in [-0.1, -0.05) is 11.6 Å². The number of aromatic amines is 1. The number of nitrogens with one attached hydrogen (secondary N) is 2. The Hall–Kier alpha value is -3.20. The van der Waals surface area contributed by atoms with E-state index in [-0.39, 0.29) is 18.1 Å². The lowest BCUT2D eigenvalue weighted by Gasteiger charge is -2.12. The van der Waals surface area contributed by atoms with Gasteiger partial charge in [0.1, 0.15) is 5.65 Å². The molecule has 4 aromatic heterocycles. The van der Waals surface area contributed by atoms with Crippen LogP contribution in [0.1, 0.15) is 22.3 Å². The van der Waals surface area contributed by atoms with Crippen molar-refractivity contribution in [2.24, 2.45) is 0 Å². The molecule has 148 valence electrons. The minimum Gasteiger partial charge on any atom is -0.350 e. The summed E-state index contributed by atoms with van der Waals surface area (Å²) in [4.78, 5) is 19.4. The number of fused-ring (bicyclic) bond motifs is 1. The Morgan fingerprint density at radius 2 is 1.83 bits per heavy atom. The Labute approximate surface area is 168 Å². The zero-order chi connectivity index (χ0) is 20.4. The molecular weight excluding hydrogens is 405 g/mol. The number of anilines is 1. The lowest BCUT2D eigenvalue weighted by molar-refractivity contribution is -0.138. The van der Waals surface area contributed by atoms with Crippen molar-refractivity contribution < 1.29 is 13.2 Å². The molecule has 0 aromatic carbocycles. The summed E-state index contributed by atoms with van der Waals surface area (Å²) >= 11 is 6.01. The highest BCUT2D eigenvalue weighted by atomic mass is 35.5. The molecule has 0 fully saturated rings. The first-order chi connectivity index (χ1) is 13.9. The number of rotatable bonds is 5. The minimum atomic E-state index is -4.44. The van der Waals surface area contributed by atoms with E-state index in [2.05, 4.69) is 30.2 Å². The maximum Gasteiger partial charge on any atom is 0.416 e. The van der Waals surface area contributed by atoms with Gasteiger partial charge in [-0.3, -0.25) is 4.98 Å². The molecule has 4 heterocycles. The van der Waals surface area contributed by atoms with E-state index in [1.165, 1.54) is 6.20 Å². The highest BCUT2D eigenvalue weighted by molar-refractivity contribution is 6.31. The molecular formula is C19H14ClF3N6. The van der Waals surface area contributed by atoms with Gasteiger partial charge in [0.25, 0.3) is 0 Å². The van der Waals surface area contributed by atoms with E-state index in [9.17, 15) is 13.2 Å². The summed E-state index contributed by atoms with van der Waals surface area (Å²) in [6.45, 7) is -0.0886. The highest BCUT2D eigenvalue weighted by Gasteiger charge is 2.33. The van der Waals surface area contributed by atoms with Gasteiger partial charge in [0.2, 0.25) is 5.95 Å². The van der Waals surface area contributed by atoms with Gasteiger partial charge < -0.3 is 10.3 Å². The average Bonchev–Trinajstić information content (AvgIpc) is 3.09. The lowest BCUT2D eigenvalue weighted by Crippen LogP contribution is -2.13. The Morgan fingerprint density at radius 1 is 1.03 bits per heavy atom. The second-order valence-electron chi connectivity index (χ2n) is 6.34. The van der Waals surface area contributed by atoms with Crippen molar-refractivity contribution in [2.75, 3.05) is 5.32 Å².